The van der Waals surface area contributed by atoms with Crippen LogP contribution in [-0.2, 0) is 4.79 Å². The molecule has 1 aromatic heterocycles. The van der Waals surface area contributed by atoms with Crippen LogP contribution in [0.5, 0.6) is 0 Å². The van der Waals surface area contributed by atoms with Gasteiger partial charge in [-0.15, -0.1) is 23.1 Å². The van der Waals surface area contributed by atoms with Crippen molar-refractivity contribution in [1.29, 1.82) is 0 Å². The fourth-order valence-electron chi connectivity index (χ4n) is 4.17. The van der Waals surface area contributed by atoms with Gasteiger partial charge in [0.25, 0.3) is 5.91 Å². The lowest BCUT2D eigenvalue weighted by molar-refractivity contribution is -0.119. The molecule has 0 aliphatic carbocycles. The summed E-state index contributed by atoms with van der Waals surface area (Å²) in [6.07, 6.45) is 2.01. The molecule has 1 N–H and O–H groups in total. The Balaban J connectivity index is 1.80. The first kappa shape index (κ1) is 21.7. The smallest absolute Gasteiger partial charge is 0.254 e. The van der Waals surface area contributed by atoms with Gasteiger partial charge in [-0.3, -0.25) is 9.59 Å². The highest BCUT2D eigenvalue weighted by atomic mass is 32.2. The normalized spacial score (nSPS) is 18.2. The highest BCUT2D eigenvalue weighted by molar-refractivity contribution is 7.98. The molecule has 0 radical (unpaired) electrons. The maximum absolute atomic E-state index is 13.7. The second-order valence-corrected chi connectivity index (χ2v) is 9.96. The summed E-state index contributed by atoms with van der Waals surface area (Å²) in [7, 11) is 0. The summed E-state index contributed by atoms with van der Waals surface area (Å²) in [5.41, 5.74) is 2.19. The number of thioether (sulfide) groups is 1. The van der Waals surface area contributed by atoms with Crippen LogP contribution in [-0.4, -0.2) is 29.5 Å². The van der Waals surface area contributed by atoms with E-state index in [1.54, 1.807) is 23.1 Å². The van der Waals surface area contributed by atoms with E-state index in [0.717, 1.165) is 21.0 Å². The quantitative estimate of drug-likeness (QED) is 0.466. The number of amides is 2. The van der Waals surface area contributed by atoms with Gasteiger partial charge in [0, 0.05) is 27.6 Å². The van der Waals surface area contributed by atoms with Crippen molar-refractivity contribution in [2.24, 2.45) is 5.92 Å². The van der Waals surface area contributed by atoms with E-state index in [4.69, 9.17) is 0 Å². The molecule has 4 rings (SSSR count). The van der Waals surface area contributed by atoms with E-state index in [1.165, 1.54) is 0 Å². The molecule has 2 amide bonds. The lowest BCUT2D eigenvalue weighted by Crippen LogP contribution is -2.47. The van der Waals surface area contributed by atoms with Crippen LogP contribution in [0, 0.1) is 5.92 Å². The fourth-order valence-corrected chi connectivity index (χ4v) is 5.50. The lowest BCUT2D eigenvalue weighted by Gasteiger charge is -2.42. The van der Waals surface area contributed by atoms with Gasteiger partial charge in [0.15, 0.2) is 0 Å². The van der Waals surface area contributed by atoms with Crippen LogP contribution in [0.1, 0.15) is 46.6 Å². The van der Waals surface area contributed by atoms with Crippen LogP contribution in [0.2, 0.25) is 0 Å². The Kier molecular flexibility index (Phi) is 6.49. The number of fused-ring (bicyclic) bond motifs is 1. The van der Waals surface area contributed by atoms with Crippen LogP contribution < -0.4 is 5.32 Å². The van der Waals surface area contributed by atoms with Crippen molar-refractivity contribution in [3.05, 3.63) is 82.0 Å². The highest BCUT2D eigenvalue weighted by Crippen LogP contribution is 2.45. The first-order valence-corrected chi connectivity index (χ1v) is 12.5. The molecular weight excluding hydrogens is 424 g/mol. The van der Waals surface area contributed by atoms with Crippen LogP contribution in [0.25, 0.3) is 0 Å². The highest BCUT2D eigenvalue weighted by Gasteiger charge is 2.44. The van der Waals surface area contributed by atoms with Crippen molar-refractivity contribution in [2.45, 2.75) is 30.7 Å². The van der Waals surface area contributed by atoms with Gasteiger partial charge in [-0.1, -0.05) is 44.2 Å². The number of nitrogens with one attached hydrogen (secondary N) is 1. The molecule has 3 aromatic rings. The maximum Gasteiger partial charge on any atom is 0.254 e. The average molecular weight is 451 g/mol. The molecule has 0 spiro atoms. The number of nitrogens with zero attached hydrogens (tertiary/aromatic N) is 1. The molecule has 31 heavy (non-hydrogen) atoms. The van der Waals surface area contributed by atoms with Gasteiger partial charge >= 0.3 is 0 Å². The van der Waals surface area contributed by atoms with E-state index in [9.17, 15) is 9.59 Å². The zero-order valence-corrected chi connectivity index (χ0v) is 19.5. The van der Waals surface area contributed by atoms with Gasteiger partial charge in [0.1, 0.15) is 0 Å². The zero-order valence-electron chi connectivity index (χ0n) is 17.9. The summed E-state index contributed by atoms with van der Waals surface area (Å²) >= 11 is 3.23. The SMILES string of the molecule is CSc1cccc(NC(=O)C2c3ccccc3C(=O)N(CC(C)C)C2c2cccs2)c1. The number of rotatable bonds is 6. The van der Waals surface area contributed by atoms with E-state index in [2.05, 4.69) is 19.2 Å². The predicted octanol–water partition coefficient (Wildman–Crippen LogP) is 6.05. The Morgan fingerprint density at radius 1 is 1.13 bits per heavy atom. The number of hydrogen-bond acceptors (Lipinski definition) is 4. The van der Waals surface area contributed by atoms with Crippen molar-refractivity contribution in [3.8, 4) is 0 Å². The van der Waals surface area contributed by atoms with Crippen molar-refractivity contribution in [1.82, 2.24) is 4.90 Å². The summed E-state index contributed by atoms with van der Waals surface area (Å²) in [4.78, 5) is 31.2. The summed E-state index contributed by atoms with van der Waals surface area (Å²) in [6.45, 7) is 4.80. The minimum Gasteiger partial charge on any atom is -0.329 e. The van der Waals surface area contributed by atoms with Crippen molar-refractivity contribution >= 4 is 40.6 Å². The zero-order chi connectivity index (χ0) is 22.0. The standard InChI is InChI=1S/C25H26N2O2S2/c1-16(2)15-27-23(21-12-7-13-31-21)22(19-10-4-5-11-20(19)25(27)29)24(28)26-17-8-6-9-18(14-17)30-3/h4-14,16,22-23H,15H2,1-3H3,(H,26,28). The molecule has 0 fully saturated rings. The molecule has 2 heterocycles. The topological polar surface area (TPSA) is 49.4 Å². The number of hydrogen-bond donors (Lipinski definition) is 1. The Bertz CT molecular complexity index is 1080. The van der Waals surface area contributed by atoms with E-state index >= 15 is 0 Å². The molecule has 4 nitrogen and oxygen atoms in total. The molecular formula is C25H26N2O2S2. The molecule has 1 aliphatic rings. The van der Waals surface area contributed by atoms with Crippen LogP contribution >= 0.6 is 23.1 Å². The van der Waals surface area contributed by atoms with Gasteiger partial charge < -0.3 is 10.2 Å². The lowest BCUT2D eigenvalue weighted by atomic mass is 9.81. The summed E-state index contributed by atoms with van der Waals surface area (Å²) in [5, 5.41) is 5.13. The Labute approximate surface area is 191 Å². The molecule has 2 atom stereocenters. The molecule has 160 valence electrons. The molecule has 1 aliphatic heterocycles. The van der Waals surface area contributed by atoms with Crippen molar-refractivity contribution in [3.63, 3.8) is 0 Å². The van der Waals surface area contributed by atoms with E-state index in [0.29, 0.717) is 18.0 Å². The van der Waals surface area contributed by atoms with E-state index in [1.807, 2.05) is 77.2 Å². The van der Waals surface area contributed by atoms with Crippen molar-refractivity contribution in [2.75, 3.05) is 18.1 Å². The van der Waals surface area contributed by atoms with Gasteiger partial charge in [-0.2, -0.15) is 0 Å². The van der Waals surface area contributed by atoms with E-state index < -0.39 is 5.92 Å². The third-order valence-electron chi connectivity index (χ3n) is 5.45. The van der Waals surface area contributed by atoms with E-state index in [-0.39, 0.29) is 17.9 Å². The molecule has 6 heteroatoms. The number of anilines is 1. The first-order valence-electron chi connectivity index (χ1n) is 10.4. The number of carbonyl (C=O) groups excluding carboxylic acids is 2. The third kappa shape index (κ3) is 4.41. The van der Waals surface area contributed by atoms with Crippen LogP contribution in [0.15, 0.2) is 70.9 Å². The summed E-state index contributed by atoms with van der Waals surface area (Å²) in [5.74, 6) is -0.288. The van der Waals surface area contributed by atoms with Gasteiger partial charge in [0.05, 0.1) is 12.0 Å². The van der Waals surface area contributed by atoms with Gasteiger partial charge in [-0.05, 0) is 53.4 Å². The number of thiophene rings is 1. The first-order chi connectivity index (χ1) is 15.0. The molecule has 0 saturated heterocycles. The summed E-state index contributed by atoms with van der Waals surface area (Å²) in [6, 6.07) is 19.1. The minimum atomic E-state index is -0.482. The summed E-state index contributed by atoms with van der Waals surface area (Å²) < 4.78 is 0. The molecule has 2 unspecified atom stereocenters. The molecule has 0 saturated carbocycles. The maximum atomic E-state index is 13.7. The predicted molar refractivity (Wildman–Crippen MR) is 129 cm³/mol. The molecule has 2 aromatic carbocycles. The Morgan fingerprint density at radius 2 is 1.94 bits per heavy atom. The molecule has 0 bridgehead atoms. The van der Waals surface area contributed by atoms with Crippen LogP contribution in [0.3, 0.4) is 0 Å². The van der Waals surface area contributed by atoms with Crippen LogP contribution in [0.4, 0.5) is 5.69 Å². The fraction of sp³-hybridized carbons (Fsp3) is 0.280. The number of carbonyl (C=O) groups is 2. The Morgan fingerprint density at radius 3 is 2.65 bits per heavy atom. The average Bonchev–Trinajstić information content (AvgIpc) is 3.29. The number of benzene rings is 2. The third-order valence-corrected chi connectivity index (χ3v) is 7.12. The second-order valence-electron chi connectivity index (χ2n) is 8.10. The minimum absolute atomic E-state index is 0.00358. The van der Waals surface area contributed by atoms with Crippen molar-refractivity contribution < 1.29 is 9.59 Å². The van der Waals surface area contributed by atoms with Gasteiger partial charge in [-0.25, -0.2) is 0 Å². The second kappa shape index (κ2) is 9.28. The monoisotopic (exact) mass is 450 g/mol. The largest absolute Gasteiger partial charge is 0.329 e. The Hall–Kier alpha value is -2.57. The van der Waals surface area contributed by atoms with Gasteiger partial charge in [0.2, 0.25) is 5.91 Å².